The molecule has 0 amide bonds. The highest BCUT2D eigenvalue weighted by molar-refractivity contribution is 6.30. The number of hydrogen-bond donors (Lipinski definition) is 1. The van der Waals surface area contributed by atoms with E-state index in [0.717, 1.165) is 19.3 Å². The molecule has 0 spiro atoms. The van der Waals surface area contributed by atoms with Crippen molar-refractivity contribution in [3.05, 3.63) is 28.8 Å². The molecule has 0 aliphatic heterocycles. The van der Waals surface area contributed by atoms with Crippen LogP contribution in [0, 0.1) is 5.92 Å². The number of methoxy groups -OCH3 is 1. The Labute approximate surface area is 132 Å². The fraction of sp³-hybridized carbons (Fsp3) is 0.647. The summed E-state index contributed by atoms with van der Waals surface area (Å²) in [6.07, 6.45) is 3.25. The Kier molecular flexibility index (Phi) is 5.53. The number of benzene rings is 1. The van der Waals surface area contributed by atoms with Crippen LogP contribution >= 0.6 is 11.6 Å². The summed E-state index contributed by atoms with van der Waals surface area (Å²) in [7, 11) is 1.61. The lowest BCUT2D eigenvalue weighted by Crippen LogP contribution is -2.43. The maximum atomic E-state index is 11.0. The van der Waals surface area contributed by atoms with Gasteiger partial charge in [0.15, 0.2) is 0 Å². The number of rotatable bonds is 5. The monoisotopic (exact) mass is 312 g/mol. The zero-order chi connectivity index (χ0) is 15.5. The molecule has 1 fully saturated rings. The fourth-order valence-corrected chi connectivity index (χ4v) is 3.67. The maximum absolute atomic E-state index is 11.0. The first-order chi connectivity index (χ1) is 10.0. The minimum Gasteiger partial charge on any atom is -0.496 e. The lowest BCUT2D eigenvalue weighted by molar-refractivity contribution is -0.150. The van der Waals surface area contributed by atoms with Gasteiger partial charge in [0.1, 0.15) is 11.9 Å². The van der Waals surface area contributed by atoms with Crippen molar-refractivity contribution in [1.82, 2.24) is 0 Å². The van der Waals surface area contributed by atoms with Gasteiger partial charge in [-0.05, 0) is 43.9 Å². The Morgan fingerprint density at radius 1 is 1.48 bits per heavy atom. The van der Waals surface area contributed by atoms with E-state index in [0.29, 0.717) is 28.9 Å². The van der Waals surface area contributed by atoms with Gasteiger partial charge < -0.3 is 14.6 Å². The quantitative estimate of drug-likeness (QED) is 0.877. The van der Waals surface area contributed by atoms with Gasteiger partial charge in [-0.3, -0.25) is 0 Å². The van der Waals surface area contributed by atoms with E-state index in [9.17, 15) is 5.11 Å². The number of ether oxygens (including phenoxy) is 2. The molecule has 0 saturated heterocycles. The molecule has 3 unspecified atom stereocenters. The standard InChI is InChI=1S/C17H25ClO3/c1-4-21-17(9-5-6-12(2)11-17)16(19)14-10-13(18)7-8-15(14)20-3/h7-8,10,12,16,19H,4-6,9,11H2,1-3H3. The van der Waals surface area contributed by atoms with Crippen molar-refractivity contribution in [3.8, 4) is 5.75 Å². The van der Waals surface area contributed by atoms with Gasteiger partial charge in [0.25, 0.3) is 0 Å². The van der Waals surface area contributed by atoms with Gasteiger partial charge in [-0.25, -0.2) is 0 Å². The summed E-state index contributed by atoms with van der Waals surface area (Å²) in [5, 5.41) is 11.6. The Morgan fingerprint density at radius 2 is 2.24 bits per heavy atom. The predicted molar refractivity (Wildman–Crippen MR) is 85.0 cm³/mol. The summed E-state index contributed by atoms with van der Waals surface area (Å²) in [5.74, 6) is 1.20. The van der Waals surface area contributed by atoms with Gasteiger partial charge in [-0.2, -0.15) is 0 Å². The summed E-state index contributed by atoms with van der Waals surface area (Å²) in [5.41, 5.74) is 0.178. The second-order valence-corrected chi connectivity index (χ2v) is 6.42. The summed E-state index contributed by atoms with van der Waals surface area (Å²) < 4.78 is 11.4. The third-order valence-corrected chi connectivity index (χ3v) is 4.64. The molecule has 1 N–H and O–H groups in total. The van der Waals surface area contributed by atoms with Crippen LogP contribution in [0.3, 0.4) is 0 Å². The smallest absolute Gasteiger partial charge is 0.124 e. The second kappa shape index (κ2) is 6.99. The molecule has 0 bridgehead atoms. The summed E-state index contributed by atoms with van der Waals surface area (Å²) in [6.45, 7) is 4.78. The molecule has 1 saturated carbocycles. The number of halogens is 1. The molecular formula is C17H25ClO3. The van der Waals surface area contributed by atoms with E-state index in [-0.39, 0.29) is 0 Å². The highest BCUT2D eigenvalue weighted by atomic mass is 35.5. The van der Waals surface area contributed by atoms with Crippen LogP contribution in [0.2, 0.25) is 5.02 Å². The number of aliphatic hydroxyl groups is 1. The molecule has 3 atom stereocenters. The van der Waals surface area contributed by atoms with E-state index in [1.54, 1.807) is 25.3 Å². The van der Waals surface area contributed by atoms with Crippen LogP contribution < -0.4 is 4.74 Å². The number of aliphatic hydroxyl groups excluding tert-OH is 1. The maximum Gasteiger partial charge on any atom is 0.124 e. The molecule has 0 heterocycles. The van der Waals surface area contributed by atoms with E-state index in [1.807, 2.05) is 6.92 Å². The van der Waals surface area contributed by atoms with Crippen molar-refractivity contribution in [2.45, 2.75) is 51.2 Å². The first kappa shape index (κ1) is 16.6. The topological polar surface area (TPSA) is 38.7 Å². The minimum atomic E-state index is -0.728. The molecule has 21 heavy (non-hydrogen) atoms. The average molecular weight is 313 g/mol. The zero-order valence-corrected chi connectivity index (χ0v) is 13.8. The molecule has 1 aliphatic rings. The van der Waals surface area contributed by atoms with Gasteiger partial charge in [-0.1, -0.05) is 31.4 Å². The molecule has 1 aliphatic carbocycles. The molecule has 3 nitrogen and oxygen atoms in total. The molecule has 0 aromatic heterocycles. The third kappa shape index (κ3) is 3.53. The number of hydrogen-bond acceptors (Lipinski definition) is 3. The van der Waals surface area contributed by atoms with Crippen LogP contribution in [-0.4, -0.2) is 24.4 Å². The fourth-order valence-electron chi connectivity index (χ4n) is 3.49. The zero-order valence-electron chi connectivity index (χ0n) is 13.1. The first-order valence-corrected chi connectivity index (χ1v) is 8.05. The van der Waals surface area contributed by atoms with E-state index in [1.165, 1.54) is 6.42 Å². The molecular weight excluding hydrogens is 288 g/mol. The van der Waals surface area contributed by atoms with Gasteiger partial charge in [0, 0.05) is 17.2 Å². The van der Waals surface area contributed by atoms with Gasteiger partial charge in [0.05, 0.1) is 12.7 Å². The van der Waals surface area contributed by atoms with Crippen molar-refractivity contribution in [2.75, 3.05) is 13.7 Å². The van der Waals surface area contributed by atoms with Gasteiger partial charge in [0.2, 0.25) is 0 Å². The largest absolute Gasteiger partial charge is 0.496 e. The van der Waals surface area contributed by atoms with Crippen molar-refractivity contribution >= 4 is 11.6 Å². The summed E-state index contributed by atoms with van der Waals surface area (Å²) in [6, 6.07) is 5.35. The van der Waals surface area contributed by atoms with E-state index in [2.05, 4.69) is 6.92 Å². The highest BCUT2D eigenvalue weighted by Crippen LogP contribution is 2.46. The molecule has 4 heteroatoms. The highest BCUT2D eigenvalue weighted by Gasteiger charge is 2.43. The minimum absolute atomic E-state index is 0.537. The van der Waals surface area contributed by atoms with E-state index < -0.39 is 11.7 Å². The average Bonchev–Trinajstić information content (AvgIpc) is 2.46. The molecule has 1 aromatic rings. The van der Waals surface area contributed by atoms with Gasteiger partial charge >= 0.3 is 0 Å². The molecule has 1 aromatic carbocycles. The van der Waals surface area contributed by atoms with Crippen molar-refractivity contribution < 1.29 is 14.6 Å². The van der Waals surface area contributed by atoms with E-state index in [4.69, 9.17) is 21.1 Å². The van der Waals surface area contributed by atoms with Crippen LogP contribution in [0.25, 0.3) is 0 Å². The Morgan fingerprint density at radius 3 is 2.86 bits per heavy atom. The van der Waals surface area contributed by atoms with Crippen LogP contribution in [-0.2, 0) is 4.74 Å². The third-order valence-electron chi connectivity index (χ3n) is 4.41. The lowest BCUT2D eigenvalue weighted by Gasteiger charge is -2.43. The van der Waals surface area contributed by atoms with Crippen LogP contribution in [0.4, 0.5) is 0 Å². The van der Waals surface area contributed by atoms with Crippen LogP contribution in [0.15, 0.2) is 18.2 Å². The summed E-state index contributed by atoms with van der Waals surface area (Å²) >= 11 is 6.10. The normalized spacial score (nSPS) is 27.4. The SMILES string of the molecule is CCOC1(C(O)c2cc(Cl)ccc2OC)CCCC(C)C1. The van der Waals surface area contributed by atoms with E-state index >= 15 is 0 Å². The van der Waals surface area contributed by atoms with Crippen molar-refractivity contribution in [2.24, 2.45) is 5.92 Å². The molecule has 2 rings (SSSR count). The first-order valence-electron chi connectivity index (χ1n) is 7.68. The lowest BCUT2D eigenvalue weighted by atomic mass is 9.73. The molecule has 118 valence electrons. The van der Waals surface area contributed by atoms with Crippen molar-refractivity contribution in [1.29, 1.82) is 0 Å². The summed E-state index contributed by atoms with van der Waals surface area (Å²) in [4.78, 5) is 0. The Balaban J connectivity index is 2.38. The molecule has 0 radical (unpaired) electrons. The second-order valence-electron chi connectivity index (χ2n) is 5.99. The Bertz CT molecular complexity index is 473. The van der Waals surface area contributed by atoms with Gasteiger partial charge in [-0.15, -0.1) is 0 Å². The predicted octanol–water partition coefficient (Wildman–Crippen LogP) is 4.37. The van der Waals surface area contributed by atoms with Crippen molar-refractivity contribution in [3.63, 3.8) is 0 Å². The van der Waals surface area contributed by atoms with Crippen LogP contribution in [0.1, 0.15) is 51.2 Å². The van der Waals surface area contributed by atoms with Crippen LogP contribution in [0.5, 0.6) is 5.75 Å². The Hall–Kier alpha value is -0.770.